The van der Waals surface area contributed by atoms with Gasteiger partial charge >= 0.3 is 0 Å². The Morgan fingerprint density at radius 2 is 2.15 bits per heavy atom. The van der Waals surface area contributed by atoms with Crippen LogP contribution in [0.5, 0.6) is 0 Å². The normalized spacial score (nSPS) is 12.8. The summed E-state index contributed by atoms with van der Waals surface area (Å²) >= 11 is 0. The van der Waals surface area contributed by atoms with Gasteiger partial charge in [0, 0.05) is 17.0 Å². The fraction of sp³-hybridized carbons (Fsp3) is 0.385. The predicted molar refractivity (Wildman–Crippen MR) is 70.6 cm³/mol. The molecule has 0 amide bonds. The summed E-state index contributed by atoms with van der Waals surface area (Å²) in [4.78, 5) is 14.3. The number of carbonyl (C=O) groups excluding carboxylic acids is 1. The molecule has 7 heteroatoms. The lowest BCUT2D eigenvalue weighted by molar-refractivity contribution is 0.0146. The van der Waals surface area contributed by atoms with Crippen molar-refractivity contribution in [2.75, 3.05) is 6.54 Å². The van der Waals surface area contributed by atoms with Crippen LogP contribution in [0.2, 0.25) is 0 Å². The van der Waals surface area contributed by atoms with Crippen LogP contribution in [-0.4, -0.2) is 28.6 Å². The molecule has 0 spiro atoms. The van der Waals surface area contributed by atoms with Crippen LogP contribution in [0.1, 0.15) is 34.9 Å². The van der Waals surface area contributed by atoms with Gasteiger partial charge in [-0.25, -0.2) is 0 Å². The molecule has 0 aliphatic rings. The Hall–Kier alpha value is -2.39. The molecule has 0 fully saturated rings. The predicted octanol–water partition coefficient (Wildman–Crippen LogP) is 1.88. The molecule has 0 saturated carbocycles. The van der Waals surface area contributed by atoms with Crippen molar-refractivity contribution in [1.82, 2.24) is 0 Å². The van der Waals surface area contributed by atoms with Crippen molar-refractivity contribution < 1.29 is 15.0 Å². The van der Waals surface area contributed by atoms with Crippen LogP contribution in [0.4, 0.5) is 0 Å². The molecule has 0 aromatic heterocycles. The minimum Gasteiger partial charge on any atom is -0.390 e. The lowest BCUT2D eigenvalue weighted by Crippen LogP contribution is -2.21. The molecule has 1 rings (SSSR count). The summed E-state index contributed by atoms with van der Waals surface area (Å²) < 4.78 is 0. The second-order valence-electron chi connectivity index (χ2n) is 4.10. The van der Waals surface area contributed by atoms with Gasteiger partial charge in [0.25, 0.3) is 0 Å². The number of Topliss-reactive ketones (excluding diaryl/α,β-unsaturated/α-hetero) is 1. The highest BCUT2D eigenvalue weighted by Gasteiger charge is 2.22. The average molecular weight is 274 g/mol. The molecule has 2 N–H and O–H groups in total. The maximum atomic E-state index is 11.8. The highest BCUT2D eigenvalue weighted by atomic mass is 16.3. The zero-order chi connectivity index (χ0) is 15.0. The van der Waals surface area contributed by atoms with Crippen molar-refractivity contribution in [1.29, 1.82) is 5.26 Å². The Balaban J connectivity index is 2.92. The second kappa shape index (κ2) is 7.92. The fourth-order valence-corrected chi connectivity index (χ4v) is 1.78. The SMILES string of the molecule is N#CCC(=O)c1ccccc1C(O)C(O)CCN=[N+]=[N-]. The minimum absolute atomic E-state index is 0.0447. The van der Waals surface area contributed by atoms with Gasteiger partial charge in [0.15, 0.2) is 5.78 Å². The quantitative estimate of drug-likeness (QED) is 0.340. The van der Waals surface area contributed by atoms with E-state index in [1.165, 1.54) is 12.1 Å². The zero-order valence-corrected chi connectivity index (χ0v) is 10.7. The summed E-state index contributed by atoms with van der Waals surface area (Å²) in [6.07, 6.45) is -2.65. The number of nitriles is 1. The van der Waals surface area contributed by atoms with Crippen molar-refractivity contribution >= 4 is 5.78 Å². The molecule has 104 valence electrons. The van der Waals surface area contributed by atoms with Crippen LogP contribution in [0.3, 0.4) is 0 Å². The number of ketones is 1. The number of hydrogen-bond acceptors (Lipinski definition) is 5. The first-order chi connectivity index (χ1) is 9.61. The third kappa shape index (κ3) is 4.07. The molecular formula is C13H14N4O3. The van der Waals surface area contributed by atoms with E-state index >= 15 is 0 Å². The Morgan fingerprint density at radius 3 is 2.80 bits per heavy atom. The van der Waals surface area contributed by atoms with Crippen LogP contribution in [0, 0.1) is 11.3 Å². The number of rotatable bonds is 7. The highest BCUT2D eigenvalue weighted by Crippen LogP contribution is 2.23. The molecule has 0 aliphatic heterocycles. The first-order valence-corrected chi connectivity index (χ1v) is 5.98. The van der Waals surface area contributed by atoms with Crippen LogP contribution >= 0.6 is 0 Å². The number of benzene rings is 1. The van der Waals surface area contributed by atoms with Crippen molar-refractivity contribution in [3.05, 3.63) is 45.8 Å². The zero-order valence-electron chi connectivity index (χ0n) is 10.7. The topological polar surface area (TPSA) is 130 Å². The van der Waals surface area contributed by atoms with Gasteiger partial charge in [0.2, 0.25) is 0 Å². The summed E-state index contributed by atoms with van der Waals surface area (Å²) in [6, 6.07) is 8.02. The van der Waals surface area contributed by atoms with E-state index in [0.29, 0.717) is 0 Å². The van der Waals surface area contributed by atoms with Crippen LogP contribution < -0.4 is 0 Å². The number of carbonyl (C=O) groups is 1. The molecule has 0 aliphatic carbocycles. The molecule has 20 heavy (non-hydrogen) atoms. The monoisotopic (exact) mass is 274 g/mol. The Labute approximate surface area is 115 Å². The van der Waals surface area contributed by atoms with Crippen LogP contribution in [-0.2, 0) is 0 Å². The standard InChI is InChI=1S/C13H14N4O3/c14-7-5-11(18)9-3-1-2-4-10(9)13(20)12(19)6-8-16-17-15/h1-4,12-13,19-20H,5-6,8H2. The molecular weight excluding hydrogens is 260 g/mol. The third-order valence-corrected chi connectivity index (χ3v) is 2.77. The van der Waals surface area contributed by atoms with Crippen molar-refractivity contribution in [2.45, 2.75) is 25.0 Å². The molecule has 2 unspecified atom stereocenters. The van der Waals surface area contributed by atoms with Crippen LogP contribution in [0.15, 0.2) is 29.4 Å². The van der Waals surface area contributed by atoms with Crippen molar-refractivity contribution in [2.24, 2.45) is 5.11 Å². The summed E-state index contributed by atoms with van der Waals surface area (Å²) in [5.41, 5.74) is 8.63. The smallest absolute Gasteiger partial charge is 0.177 e. The van der Waals surface area contributed by atoms with Crippen molar-refractivity contribution in [3.63, 3.8) is 0 Å². The molecule has 7 nitrogen and oxygen atoms in total. The first-order valence-electron chi connectivity index (χ1n) is 5.98. The minimum atomic E-state index is -1.28. The van der Waals surface area contributed by atoms with Gasteiger partial charge in [-0.1, -0.05) is 29.4 Å². The number of aliphatic hydroxyl groups excluding tert-OH is 2. The van der Waals surface area contributed by atoms with Gasteiger partial charge < -0.3 is 10.2 Å². The number of aliphatic hydroxyl groups is 2. The summed E-state index contributed by atoms with van der Waals surface area (Å²) in [5.74, 6) is -0.413. The second-order valence-corrected chi connectivity index (χ2v) is 4.10. The van der Waals surface area contributed by atoms with E-state index in [-0.39, 0.29) is 30.5 Å². The number of azide groups is 1. The lowest BCUT2D eigenvalue weighted by atomic mass is 9.94. The molecule has 0 heterocycles. The average Bonchev–Trinajstić information content (AvgIpc) is 2.47. The lowest BCUT2D eigenvalue weighted by Gasteiger charge is -2.19. The molecule has 1 aromatic rings. The molecule has 0 saturated heterocycles. The highest BCUT2D eigenvalue weighted by molar-refractivity contribution is 5.98. The molecule has 0 bridgehead atoms. The maximum Gasteiger partial charge on any atom is 0.177 e. The van der Waals surface area contributed by atoms with Gasteiger partial charge in [-0.3, -0.25) is 4.79 Å². The van der Waals surface area contributed by atoms with E-state index in [2.05, 4.69) is 10.0 Å². The van der Waals surface area contributed by atoms with E-state index in [9.17, 15) is 15.0 Å². The van der Waals surface area contributed by atoms with Crippen molar-refractivity contribution in [3.8, 4) is 6.07 Å². The summed E-state index contributed by atoms with van der Waals surface area (Å²) in [5, 5.41) is 31.7. The fourth-order valence-electron chi connectivity index (χ4n) is 1.78. The van der Waals surface area contributed by atoms with Gasteiger partial charge in [0.1, 0.15) is 6.10 Å². The Morgan fingerprint density at radius 1 is 1.45 bits per heavy atom. The maximum absolute atomic E-state index is 11.8. The molecule has 1 aromatic carbocycles. The van der Waals surface area contributed by atoms with E-state index in [0.717, 1.165) is 0 Å². The largest absolute Gasteiger partial charge is 0.390 e. The van der Waals surface area contributed by atoms with Gasteiger partial charge in [0.05, 0.1) is 18.6 Å². The summed E-state index contributed by atoms with van der Waals surface area (Å²) in [6.45, 7) is 0.0447. The number of hydrogen-bond donors (Lipinski definition) is 2. The van der Waals surface area contributed by atoms with Gasteiger partial charge in [-0.2, -0.15) is 5.26 Å². The summed E-state index contributed by atoms with van der Waals surface area (Å²) in [7, 11) is 0. The Bertz CT molecular complexity index is 561. The first kappa shape index (κ1) is 15.7. The van der Waals surface area contributed by atoms with Gasteiger partial charge in [-0.05, 0) is 17.5 Å². The van der Waals surface area contributed by atoms with Crippen LogP contribution in [0.25, 0.3) is 10.4 Å². The molecule has 0 radical (unpaired) electrons. The number of nitrogens with zero attached hydrogens (tertiary/aromatic N) is 4. The van der Waals surface area contributed by atoms with E-state index in [1.54, 1.807) is 18.2 Å². The van der Waals surface area contributed by atoms with E-state index < -0.39 is 18.0 Å². The van der Waals surface area contributed by atoms with E-state index in [4.69, 9.17) is 10.8 Å². The van der Waals surface area contributed by atoms with E-state index in [1.807, 2.05) is 0 Å². The third-order valence-electron chi connectivity index (χ3n) is 2.77. The Kier molecular flexibility index (Phi) is 6.20. The molecule has 2 atom stereocenters. The van der Waals surface area contributed by atoms with Gasteiger partial charge in [-0.15, -0.1) is 0 Å².